The number of hydrogen-bond donors (Lipinski definition) is 2. The molecule has 0 aromatic rings. The van der Waals surface area contributed by atoms with E-state index in [-0.39, 0.29) is 17.5 Å². The lowest BCUT2D eigenvalue weighted by Gasteiger charge is -2.04. The van der Waals surface area contributed by atoms with Crippen molar-refractivity contribution < 1.29 is 19.4 Å². The molecule has 0 amide bonds. The summed E-state index contributed by atoms with van der Waals surface area (Å²) in [5, 5.41) is 8.44. The Morgan fingerprint density at radius 2 is 2.14 bits per heavy atom. The molecule has 0 aliphatic heterocycles. The van der Waals surface area contributed by atoms with E-state index < -0.39 is 12.0 Å². The average Bonchev–Trinajstić information content (AvgIpc) is 2.12. The van der Waals surface area contributed by atoms with Crippen LogP contribution < -0.4 is 5.73 Å². The van der Waals surface area contributed by atoms with E-state index in [0.717, 1.165) is 0 Å². The van der Waals surface area contributed by atoms with Gasteiger partial charge in [-0.15, -0.1) is 0 Å². The smallest absolute Gasteiger partial charge is 0.321 e. The normalized spacial score (nSPS) is 12.1. The maximum atomic E-state index is 10.8. The number of nitrogens with two attached hydrogens (primary N) is 1. The minimum atomic E-state index is -1.03. The summed E-state index contributed by atoms with van der Waals surface area (Å²) in [5.74, 6) is -0.840. The summed E-state index contributed by atoms with van der Waals surface area (Å²) in [6, 6.07) is -0.880. The molecular weight excluding hydrogens is 226 g/mol. The van der Waals surface area contributed by atoms with Gasteiger partial charge in [0.1, 0.15) is 11.8 Å². The van der Waals surface area contributed by atoms with Gasteiger partial charge in [-0.05, 0) is 6.92 Å². The van der Waals surface area contributed by atoms with Gasteiger partial charge in [0.2, 0.25) is 0 Å². The molecule has 82 valence electrons. The van der Waals surface area contributed by atoms with Crippen LogP contribution in [0.5, 0.6) is 0 Å². The van der Waals surface area contributed by atoms with E-state index in [0.29, 0.717) is 6.61 Å². The van der Waals surface area contributed by atoms with Crippen molar-refractivity contribution in [2.75, 3.05) is 18.1 Å². The monoisotopic (exact) mass is 239 g/mol. The maximum absolute atomic E-state index is 10.8. The molecule has 0 aliphatic carbocycles. The first kappa shape index (κ1) is 13.6. The van der Waals surface area contributed by atoms with Crippen molar-refractivity contribution in [2.45, 2.75) is 13.0 Å². The second kappa shape index (κ2) is 7.95. The zero-order valence-electron chi connectivity index (χ0n) is 7.76. The Balaban J connectivity index is 3.37. The first-order valence-electron chi connectivity index (χ1n) is 3.96. The summed E-state index contributed by atoms with van der Waals surface area (Å²) in [5.41, 5.74) is 5.24. The highest BCUT2D eigenvalue weighted by molar-refractivity contribution is 8.76. The molecule has 0 aliphatic rings. The van der Waals surface area contributed by atoms with Crippen LogP contribution in [0.3, 0.4) is 0 Å². The van der Waals surface area contributed by atoms with E-state index in [1.165, 1.54) is 21.6 Å². The number of esters is 1. The Morgan fingerprint density at radius 3 is 2.64 bits per heavy atom. The Morgan fingerprint density at radius 1 is 1.50 bits per heavy atom. The molecule has 5 nitrogen and oxygen atoms in total. The van der Waals surface area contributed by atoms with Crippen molar-refractivity contribution in [1.82, 2.24) is 0 Å². The van der Waals surface area contributed by atoms with Crippen molar-refractivity contribution >= 4 is 33.5 Å². The lowest BCUT2D eigenvalue weighted by atomic mass is 10.4. The quantitative estimate of drug-likeness (QED) is 0.376. The number of carboxylic acids is 1. The highest BCUT2D eigenvalue weighted by atomic mass is 33.1. The third-order valence-electron chi connectivity index (χ3n) is 1.13. The zero-order valence-corrected chi connectivity index (χ0v) is 9.40. The summed E-state index contributed by atoms with van der Waals surface area (Å²) in [7, 11) is 2.50. The predicted molar refractivity (Wildman–Crippen MR) is 57.2 cm³/mol. The fourth-order valence-electron chi connectivity index (χ4n) is 0.485. The van der Waals surface area contributed by atoms with Gasteiger partial charge in [0, 0.05) is 5.75 Å². The molecule has 7 heteroatoms. The molecule has 0 bridgehead atoms. The molecule has 14 heavy (non-hydrogen) atoms. The van der Waals surface area contributed by atoms with Gasteiger partial charge >= 0.3 is 11.9 Å². The van der Waals surface area contributed by atoms with Crippen LogP contribution in [0.2, 0.25) is 0 Å². The minimum Gasteiger partial charge on any atom is -0.480 e. The number of carbonyl (C=O) groups excluding carboxylic acids is 1. The van der Waals surface area contributed by atoms with Crippen LogP contribution in [-0.4, -0.2) is 41.2 Å². The molecule has 3 N–H and O–H groups in total. The van der Waals surface area contributed by atoms with Gasteiger partial charge < -0.3 is 15.6 Å². The molecule has 0 saturated carbocycles. The van der Waals surface area contributed by atoms with Gasteiger partial charge in [-0.25, -0.2) is 0 Å². The van der Waals surface area contributed by atoms with Crippen LogP contribution in [0.1, 0.15) is 6.92 Å². The minimum absolute atomic E-state index is 0.213. The summed E-state index contributed by atoms with van der Waals surface area (Å²) < 4.78 is 4.68. The highest BCUT2D eigenvalue weighted by Crippen LogP contribution is 2.21. The third-order valence-corrected chi connectivity index (χ3v) is 3.41. The summed E-state index contributed by atoms with van der Waals surface area (Å²) >= 11 is 0. The second-order valence-corrected chi connectivity index (χ2v) is 4.80. The number of hydrogen-bond acceptors (Lipinski definition) is 6. The van der Waals surface area contributed by atoms with Crippen LogP contribution in [0.25, 0.3) is 0 Å². The number of ether oxygens (including phenoxy) is 1. The first-order chi connectivity index (χ1) is 6.57. The fraction of sp³-hybridized carbons (Fsp3) is 0.714. The first-order valence-corrected chi connectivity index (χ1v) is 6.45. The van der Waals surface area contributed by atoms with Crippen LogP contribution in [0.15, 0.2) is 0 Å². The molecule has 1 atom stereocenters. The zero-order chi connectivity index (χ0) is 11.0. The number of carboxylic acid groups (broad SMARTS) is 1. The van der Waals surface area contributed by atoms with Crippen molar-refractivity contribution in [3.8, 4) is 0 Å². The summed E-state index contributed by atoms with van der Waals surface area (Å²) in [4.78, 5) is 21.1. The van der Waals surface area contributed by atoms with Gasteiger partial charge in [-0.1, -0.05) is 21.6 Å². The second-order valence-electron chi connectivity index (χ2n) is 2.30. The van der Waals surface area contributed by atoms with Gasteiger partial charge in [0.05, 0.1) is 6.61 Å². The average molecular weight is 239 g/mol. The van der Waals surface area contributed by atoms with E-state index >= 15 is 0 Å². The lowest BCUT2D eigenvalue weighted by Crippen LogP contribution is -2.32. The van der Waals surface area contributed by atoms with Gasteiger partial charge in [0.25, 0.3) is 0 Å². The Bertz CT molecular complexity index is 200. The van der Waals surface area contributed by atoms with Crippen LogP contribution in [0, 0.1) is 0 Å². The van der Waals surface area contributed by atoms with E-state index in [4.69, 9.17) is 10.8 Å². The van der Waals surface area contributed by atoms with Gasteiger partial charge in [0.15, 0.2) is 0 Å². The molecular formula is C7H13NO4S2. The van der Waals surface area contributed by atoms with Crippen LogP contribution >= 0.6 is 21.6 Å². The largest absolute Gasteiger partial charge is 0.480 e. The SMILES string of the molecule is CCOC(=O)CSSC[C@H](N)C(=O)O. The number of carbonyl (C=O) groups is 2. The van der Waals surface area contributed by atoms with Gasteiger partial charge in [-0.3, -0.25) is 9.59 Å². The Labute approximate surface area is 90.1 Å². The van der Waals surface area contributed by atoms with Crippen molar-refractivity contribution in [2.24, 2.45) is 5.73 Å². The number of rotatable bonds is 7. The molecule has 0 saturated heterocycles. The van der Waals surface area contributed by atoms with Crippen molar-refractivity contribution in [3.63, 3.8) is 0 Å². The van der Waals surface area contributed by atoms with Crippen molar-refractivity contribution in [3.05, 3.63) is 0 Å². The third kappa shape index (κ3) is 7.05. The standard InChI is InChI=1S/C7H13NO4S2/c1-2-12-6(9)4-14-13-3-5(8)7(10)11/h5H,2-4,8H2,1H3,(H,10,11)/t5-/m0/s1. The lowest BCUT2D eigenvalue weighted by molar-refractivity contribution is -0.140. The predicted octanol–water partition coefficient (Wildman–Crippen LogP) is 0.343. The highest BCUT2D eigenvalue weighted by Gasteiger charge is 2.11. The van der Waals surface area contributed by atoms with Crippen LogP contribution in [-0.2, 0) is 14.3 Å². The van der Waals surface area contributed by atoms with E-state index in [2.05, 4.69) is 4.74 Å². The number of aliphatic carboxylic acids is 1. The molecule has 0 fully saturated rings. The van der Waals surface area contributed by atoms with E-state index in [1.807, 2.05) is 0 Å². The molecule has 0 rings (SSSR count). The Kier molecular flexibility index (Phi) is 7.73. The van der Waals surface area contributed by atoms with E-state index in [9.17, 15) is 9.59 Å². The van der Waals surface area contributed by atoms with Crippen molar-refractivity contribution in [1.29, 1.82) is 0 Å². The molecule has 0 unspecified atom stereocenters. The van der Waals surface area contributed by atoms with Crippen LogP contribution in [0.4, 0.5) is 0 Å². The Hall–Kier alpha value is -0.400. The summed E-state index contributed by atoms with van der Waals surface area (Å²) in [6.07, 6.45) is 0. The molecule has 0 heterocycles. The molecule has 0 aromatic heterocycles. The maximum Gasteiger partial charge on any atom is 0.321 e. The molecule has 0 spiro atoms. The molecule has 0 radical (unpaired) electrons. The molecule has 0 aromatic carbocycles. The van der Waals surface area contributed by atoms with Gasteiger partial charge in [-0.2, -0.15) is 0 Å². The fourth-order valence-corrected chi connectivity index (χ4v) is 2.40. The van der Waals surface area contributed by atoms with E-state index in [1.54, 1.807) is 6.92 Å². The summed E-state index contributed by atoms with van der Waals surface area (Å²) in [6.45, 7) is 2.09. The topological polar surface area (TPSA) is 89.6 Å².